The van der Waals surface area contributed by atoms with Crippen molar-refractivity contribution < 1.29 is 47.7 Å². The molecule has 0 spiro atoms. The van der Waals surface area contributed by atoms with E-state index < -0.39 is 49.3 Å². The Balaban J connectivity index is 2.26. The lowest BCUT2D eigenvalue weighted by Crippen LogP contribution is -2.82. The Bertz CT molecular complexity index is 458. The van der Waals surface area contributed by atoms with Gasteiger partial charge in [-0.1, -0.05) is 0 Å². The number of methoxy groups -OCH3 is 6. The van der Waals surface area contributed by atoms with Crippen LogP contribution in [0.15, 0.2) is 0 Å². The Morgan fingerprint density at radius 1 is 0.704 bits per heavy atom. The topological polar surface area (TPSA) is 119 Å². The Labute approximate surface area is 158 Å². The van der Waals surface area contributed by atoms with Gasteiger partial charge in [-0.05, 0) is 0 Å². The maximum absolute atomic E-state index is 9.46. The summed E-state index contributed by atoms with van der Waals surface area (Å²) in [5.74, 6) is 0. The molecule has 11 nitrogen and oxygen atoms in total. The van der Waals surface area contributed by atoms with E-state index in [-0.39, 0.29) is 6.10 Å². The van der Waals surface area contributed by atoms with E-state index in [1.165, 1.54) is 28.4 Å². The first-order valence-electron chi connectivity index (χ1n) is 8.58. The minimum absolute atomic E-state index is 0.292. The summed E-state index contributed by atoms with van der Waals surface area (Å²) in [6, 6.07) is 0. The molecule has 0 amide bonds. The first-order valence-corrected chi connectivity index (χ1v) is 8.58. The normalized spacial score (nSPS) is 42.8. The van der Waals surface area contributed by atoms with Gasteiger partial charge in [0.05, 0.1) is 6.61 Å². The highest BCUT2D eigenvalue weighted by Crippen LogP contribution is 2.30. The summed E-state index contributed by atoms with van der Waals surface area (Å²) in [5.41, 5.74) is 9.46. The molecule has 9 atom stereocenters. The number of hydrogen-bond acceptors (Lipinski definition) is 9. The molecule has 0 bridgehead atoms. The van der Waals surface area contributed by atoms with Crippen molar-refractivity contribution >= 4 is 0 Å². The van der Waals surface area contributed by atoms with Crippen LogP contribution in [0.5, 0.6) is 0 Å². The van der Waals surface area contributed by atoms with Crippen LogP contribution in [0.3, 0.4) is 0 Å². The quantitative estimate of drug-likeness (QED) is 0.453. The molecule has 2 saturated heterocycles. The molecule has 0 aromatic rings. The maximum Gasteiger partial charge on any atom is 0.277 e. The van der Waals surface area contributed by atoms with E-state index in [0.717, 1.165) is 0 Å². The van der Waals surface area contributed by atoms with Crippen LogP contribution in [0.4, 0.5) is 0 Å². The molecule has 0 saturated carbocycles. The lowest BCUT2D eigenvalue weighted by Gasteiger charge is -2.46. The van der Waals surface area contributed by atoms with Crippen LogP contribution >= 0.6 is 0 Å². The largest absolute Gasteiger partial charge is 0.506 e. The van der Waals surface area contributed by atoms with Gasteiger partial charge in [0, 0.05) is 42.7 Å². The van der Waals surface area contributed by atoms with Gasteiger partial charge >= 0.3 is 0 Å². The molecule has 11 heteroatoms. The second-order valence-corrected chi connectivity index (χ2v) is 6.17. The van der Waals surface area contributed by atoms with E-state index in [1.54, 1.807) is 14.2 Å². The lowest BCUT2D eigenvalue weighted by molar-refractivity contribution is -0.619. The van der Waals surface area contributed by atoms with Crippen LogP contribution < -0.4 is 5.11 Å². The molecule has 0 aliphatic carbocycles. The second-order valence-electron chi connectivity index (χ2n) is 6.17. The van der Waals surface area contributed by atoms with Crippen molar-refractivity contribution in [3.8, 4) is 0 Å². The average Bonchev–Trinajstić information content (AvgIpc) is 2.71. The van der Waals surface area contributed by atoms with Crippen LogP contribution in [-0.4, -0.2) is 105 Å². The third kappa shape index (κ3) is 4.63. The number of nitrogens with zero attached hydrogens (tertiary/aromatic N) is 1. The SMILES string of the molecule is COC1COC(OC)C(OC2OC([NH+]=[N-])C(OC)C(OC)C2OC)C1OC. The van der Waals surface area contributed by atoms with E-state index in [9.17, 15) is 5.53 Å². The Kier molecular flexibility index (Phi) is 8.92. The van der Waals surface area contributed by atoms with E-state index in [4.69, 9.17) is 42.6 Å². The van der Waals surface area contributed by atoms with Crippen molar-refractivity contribution in [3.63, 3.8) is 0 Å². The number of ether oxygens (including phenoxy) is 9. The second kappa shape index (κ2) is 10.7. The molecule has 2 fully saturated rings. The summed E-state index contributed by atoms with van der Waals surface area (Å²) < 4.78 is 50.5. The Morgan fingerprint density at radius 3 is 1.81 bits per heavy atom. The maximum atomic E-state index is 9.46. The van der Waals surface area contributed by atoms with Crippen LogP contribution in [0, 0.1) is 0 Å². The van der Waals surface area contributed by atoms with Crippen molar-refractivity contribution in [2.24, 2.45) is 0 Å². The van der Waals surface area contributed by atoms with Crippen LogP contribution in [0.25, 0.3) is 5.53 Å². The van der Waals surface area contributed by atoms with E-state index >= 15 is 0 Å². The van der Waals surface area contributed by atoms with Gasteiger partial charge in [0.2, 0.25) is 0 Å². The highest BCUT2D eigenvalue weighted by molar-refractivity contribution is 4.91. The summed E-state index contributed by atoms with van der Waals surface area (Å²) in [6.45, 7) is 0.292. The van der Waals surface area contributed by atoms with Gasteiger partial charge in [-0.15, -0.1) is 0 Å². The van der Waals surface area contributed by atoms with E-state index in [0.29, 0.717) is 6.61 Å². The Morgan fingerprint density at radius 2 is 1.33 bits per heavy atom. The molecule has 9 unspecified atom stereocenters. The third-order valence-electron chi connectivity index (χ3n) is 4.92. The van der Waals surface area contributed by atoms with Crippen LogP contribution in [0.1, 0.15) is 0 Å². The standard InChI is InChI=1S/C16H30N2O9/c1-19-8-7-25-15(24-6)13(9(8)20-2)26-16-12(23-5)10(21-3)11(22-4)14(18-17)27-16/h8-16,18H,7H2,1-6H3. The average molecular weight is 394 g/mol. The zero-order valence-corrected chi connectivity index (χ0v) is 16.5. The molecule has 0 aromatic carbocycles. The zero-order valence-electron chi connectivity index (χ0n) is 16.5. The molecule has 158 valence electrons. The first kappa shape index (κ1) is 22.5. The smallest absolute Gasteiger partial charge is 0.277 e. The fourth-order valence-electron chi connectivity index (χ4n) is 3.53. The fourth-order valence-corrected chi connectivity index (χ4v) is 3.53. The highest BCUT2D eigenvalue weighted by Gasteiger charge is 2.52. The molecular weight excluding hydrogens is 364 g/mol. The van der Waals surface area contributed by atoms with Crippen molar-refractivity contribution in [1.82, 2.24) is 0 Å². The van der Waals surface area contributed by atoms with Gasteiger partial charge in [-0.2, -0.15) is 0 Å². The highest BCUT2D eigenvalue weighted by atomic mass is 16.8. The molecule has 0 aromatic heterocycles. The van der Waals surface area contributed by atoms with E-state index in [1.807, 2.05) is 0 Å². The van der Waals surface area contributed by atoms with Gasteiger partial charge < -0.3 is 48.5 Å². The molecular formula is C16H30N2O9. The van der Waals surface area contributed by atoms with Crippen molar-refractivity contribution in [2.75, 3.05) is 49.3 Å². The first-order chi connectivity index (χ1) is 13.1. The van der Waals surface area contributed by atoms with Gasteiger partial charge in [0.15, 0.2) is 18.7 Å². The molecule has 0 radical (unpaired) electrons. The van der Waals surface area contributed by atoms with Crippen molar-refractivity contribution in [2.45, 2.75) is 55.4 Å². The zero-order chi connectivity index (χ0) is 20.0. The third-order valence-corrected chi connectivity index (χ3v) is 4.92. The Hall–Kier alpha value is -0.760. The number of rotatable bonds is 9. The summed E-state index contributed by atoms with van der Waals surface area (Å²) >= 11 is 0. The van der Waals surface area contributed by atoms with Gasteiger partial charge in [0.25, 0.3) is 6.23 Å². The summed E-state index contributed by atoms with van der Waals surface area (Å²) in [5, 5.41) is 2.07. The molecule has 1 N–H and O–H groups in total. The summed E-state index contributed by atoms with van der Waals surface area (Å²) in [7, 11) is 9.13. The molecule has 2 heterocycles. The molecule has 2 aliphatic heterocycles. The monoisotopic (exact) mass is 394 g/mol. The van der Waals surface area contributed by atoms with Crippen molar-refractivity contribution in [3.05, 3.63) is 5.53 Å². The van der Waals surface area contributed by atoms with Crippen LogP contribution in [0.2, 0.25) is 0 Å². The van der Waals surface area contributed by atoms with Gasteiger partial charge in [-0.25, -0.2) is 0 Å². The fraction of sp³-hybridized carbons (Fsp3) is 1.00. The minimum Gasteiger partial charge on any atom is -0.506 e. The minimum atomic E-state index is -0.935. The molecule has 27 heavy (non-hydrogen) atoms. The predicted molar refractivity (Wildman–Crippen MR) is 88.6 cm³/mol. The molecule has 2 rings (SSSR count). The van der Waals surface area contributed by atoms with Gasteiger partial charge in [0.1, 0.15) is 30.5 Å². The van der Waals surface area contributed by atoms with Crippen molar-refractivity contribution in [1.29, 1.82) is 0 Å². The van der Waals surface area contributed by atoms with Gasteiger partial charge in [-0.3, -0.25) is 4.74 Å². The van der Waals surface area contributed by atoms with Crippen LogP contribution in [-0.2, 0) is 42.6 Å². The summed E-state index contributed by atoms with van der Waals surface area (Å²) in [6.07, 6.45) is -5.91. The summed E-state index contributed by atoms with van der Waals surface area (Å²) in [4.78, 5) is 0. The lowest BCUT2D eigenvalue weighted by atomic mass is 10.0. The molecule has 2 aliphatic rings. The number of nitrogens with one attached hydrogen (secondary N) is 1. The van der Waals surface area contributed by atoms with E-state index in [2.05, 4.69) is 5.11 Å². The number of hydrogen-bond donors (Lipinski definition) is 1. The predicted octanol–water partition coefficient (Wildman–Crippen LogP) is -1.77.